The number of methoxy groups -OCH3 is 1. The monoisotopic (exact) mass is 430 g/mol. The van der Waals surface area contributed by atoms with Crippen molar-refractivity contribution in [1.29, 1.82) is 0 Å². The second-order valence-corrected chi connectivity index (χ2v) is 8.34. The van der Waals surface area contributed by atoms with Crippen molar-refractivity contribution in [2.45, 2.75) is 0 Å². The lowest BCUT2D eigenvalue weighted by Crippen LogP contribution is -2.48. The number of para-hydroxylation sites is 1. The number of thiazole rings is 1. The molecule has 29 heavy (non-hydrogen) atoms. The number of nitrogens with one attached hydrogen (secondary N) is 1. The third-order valence-electron chi connectivity index (χ3n) is 5.05. The molecule has 1 fully saturated rings. The smallest absolute Gasteiger partial charge is 0.251 e. The molecule has 1 amide bonds. The van der Waals surface area contributed by atoms with Gasteiger partial charge in [0.25, 0.3) is 5.91 Å². The van der Waals surface area contributed by atoms with Gasteiger partial charge in [-0.1, -0.05) is 29.0 Å². The fraction of sp³-hybridized carbons (Fsp3) is 0.333. The van der Waals surface area contributed by atoms with E-state index in [2.05, 4.69) is 21.2 Å². The number of rotatable bonds is 6. The Bertz CT molecular complexity index is 984. The Morgan fingerprint density at radius 2 is 1.93 bits per heavy atom. The number of anilines is 1. The lowest BCUT2D eigenvalue weighted by Gasteiger charge is -2.34. The van der Waals surface area contributed by atoms with Crippen LogP contribution in [0.5, 0.6) is 5.75 Å². The third-order valence-corrected chi connectivity index (χ3v) is 6.39. The zero-order valence-electron chi connectivity index (χ0n) is 16.2. The summed E-state index contributed by atoms with van der Waals surface area (Å²) in [6.45, 7) is 5.20. The van der Waals surface area contributed by atoms with Crippen LogP contribution in [0.1, 0.15) is 10.4 Å². The number of ether oxygens (including phenoxy) is 1. The van der Waals surface area contributed by atoms with Crippen molar-refractivity contribution in [2.24, 2.45) is 0 Å². The predicted octanol–water partition coefficient (Wildman–Crippen LogP) is 3.51. The molecule has 0 spiro atoms. The summed E-state index contributed by atoms with van der Waals surface area (Å²) < 4.78 is 6.57. The molecule has 152 valence electrons. The largest absolute Gasteiger partial charge is 0.494 e. The molecule has 8 heteroatoms. The molecule has 1 saturated heterocycles. The summed E-state index contributed by atoms with van der Waals surface area (Å²) in [6, 6.07) is 13.0. The number of hydrogen-bond donors (Lipinski definition) is 1. The molecular formula is C21H23ClN4O2S. The first-order valence-electron chi connectivity index (χ1n) is 9.58. The van der Waals surface area contributed by atoms with Gasteiger partial charge < -0.3 is 15.0 Å². The van der Waals surface area contributed by atoms with Gasteiger partial charge in [-0.25, -0.2) is 4.98 Å². The molecule has 3 aromatic rings. The lowest BCUT2D eigenvalue weighted by molar-refractivity contribution is 0.0948. The van der Waals surface area contributed by atoms with Crippen LogP contribution in [0.4, 0.5) is 5.13 Å². The van der Waals surface area contributed by atoms with Gasteiger partial charge in [0.2, 0.25) is 0 Å². The maximum absolute atomic E-state index is 12.2. The normalized spacial score (nSPS) is 14.9. The molecule has 0 bridgehead atoms. The highest BCUT2D eigenvalue weighted by Crippen LogP contribution is 2.34. The van der Waals surface area contributed by atoms with Gasteiger partial charge in [-0.3, -0.25) is 9.69 Å². The first kappa shape index (κ1) is 19.9. The number of hydrogen-bond acceptors (Lipinski definition) is 6. The van der Waals surface area contributed by atoms with Gasteiger partial charge in [0.1, 0.15) is 11.3 Å². The van der Waals surface area contributed by atoms with Crippen LogP contribution in [0.15, 0.2) is 42.5 Å². The van der Waals surface area contributed by atoms with E-state index in [9.17, 15) is 4.79 Å². The topological polar surface area (TPSA) is 57.7 Å². The molecule has 1 aromatic heterocycles. The summed E-state index contributed by atoms with van der Waals surface area (Å²) in [5, 5.41) is 4.65. The number of amides is 1. The van der Waals surface area contributed by atoms with E-state index < -0.39 is 0 Å². The van der Waals surface area contributed by atoms with E-state index in [1.807, 2.05) is 12.1 Å². The molecular weight excluding hydrogens is 408 g/mol. The third kappa shape index (κ3) is 4.63. The van der Waals surface area contributed by atoms with Crippen LogP contribution in [0.2, 0.25) is 5.02 Å². The molecule has 2 aromatic carbocycles. The van der Waals surface area contributed by atoms with E-state index in [1.165, 1.54) is 0 Å². The fourth-order valence-corrected chi connectivity index (χ4v) is 4.57. The summed E-state index contributed by atoms with van der Waals surface area (Å²) in [6.07, 6.45) is 0. The van der Waals surface area contributed by atoms with E-state index in [4.69, 9.17) is 21.3 Å². The summed E-state index contributed by atoms with van der Waals surface area (Å²) in [5.74, 6) is 0.754. The first-order valence-corrected chi connectivity index (χ1v) is 10.8. The Morgan fingerprint density at radius 3 is 2.66 bits per heavy atom. The van der Waals surface area contributed by atoms with Gasteiger partial charge in [-0.2, -0.15) is 0 Å². The van der Waals surface area contributed by atoms with E-state index in [0.717, 1.165) is 53.8 Å². The molecule has 0 radical (unpaired) electrons. The Labute approximate surface area is 179 Å². The quantitative estimate of drug-likeness (QED) is 0.648. The molecule has 0 saturated carbocycles. The number of nitrogens with zero attached hydrogens (tertiary/aromatic N) is 3. The SMILES string of the molecule is COc1cccc2sc(N3CCN(CCNC(=O)c4ccc(Cl)cc4)CC3)nc12. The molecule has 1 aliphatic rings. The minimum Gasteiger partial charge on any atom is -0.494 e. The first-order chi connectivity index (χ1) is 14.1. The molecule has 6 nitrogen and oxygen atoms in total. The molecule has 1 aliphatic heterocycles. The number of fused-ring (bicyclic) bond motifs is 1. The van der Waals surface area contributed by atoms with E-state index in [0.29, 0.717) is 17.1 Å². The minimum absolute atomic E-state index is 0.0660. The minimum atomic E-state index is -0.0660. The predicted molar refractivity (Wildman–Crippen MR) is 119 cm³/mol. The van der Waals surface area contributed by atoms with Crippen molar-refractivity contribution >= 4 is 44.2 Å². The Morgan fingerprint density at radius 1 is 1.17 bits per heavy atom. The van der Waals surface area contributed by atoms with Crippen LogP contribution in [0, 0.1) is 0 Å². The van der Waals surface area contributed by atoms with Crippen molar-refractivity contribution in [1.82, 2.24) is 15.2 Å². The van der Waals surface area contributed by atoms with E-state index >= 15 is 0 Å². The summed E-state index contributed by atoms with van der Waals surface area (Å²) in [4.78, 5) is 21.7. The van der Waals surface area contributed by atoms with Gasteiger partial charge in [0, 0.05) is 49.9 Å². The van der Waals surface area contributed by atoms with Crippen LogP contribution in [0.3, 0.4) is 0 Å². The number of aromatic nitrogens is 1. The van der Waals surface area contributed by atoms with Crippen molar-refractivity contribution in [3.05, 3.63) is 53.1 Å². The Balaban J connectivity index is 1.26. The van der Waals surface area contributed by atoms with Crippen molar-refractivity contribution in [2.75, 3.05) is 51.3 Å². The van der Waals surface area contributed by atoms with Gasteiger partial charge in [0.05, 0.1) is 11.8 Å². The van der Waals surface area contributed by atoms with Crippen LogP contribution >= 0.6 is 22.9 Å². The standard InChI is InChI=1S/C21H23ClN4O2S/c1-28-17-3-2-4-18-19(17)24-21(29-18)26-13-11-25(12-14-26)10-9-23-20(27)15-5-7-16(22)8-6-15/h2-8H,9-14H2,1H3,(H,23,27). The van der Waals surface area contributed by atoms with Crippen LogP contribution < -0.4 is 15.0 Å². The maximum Gasteiger partial charge on any atom is 0.251 e. The van der Waals surface area contributed by atoms with Crippen molar-refractivity contribution < 1.29 is 9.53 Å². The summed E-state index contributed by atoms with van der Waals surface area (Å²) in [7, 11) is 1.68. The van der Waals surface area contributed by atoms with Gasteiger partial charge in [0.15, 0.2) is 5.13 Å². The number of carbonyl (C=O) groups excluding carboxylic acids is 1. The van der Waals surface area contributed by atoms with Crippen molar-refractivity contribution in [3.63, 3.8) is 0 Å². The van der Waals surface area contributed by atoms with Crippen molar-refractivity contribution in [3.8, 4) is 5.75 Å². The lowest BCUT2D eigenvalue weighted by atomic mass is 10.2. The molecule has 0 aliphatic carbocycles. The number of carbonyl (C=O) groups is 1. The second-order valence-electron chi connectivity index (χ2n) is 6.89. The van der Waals surface area contributed by atoms with Gasteiger partial charge in [-0.15, -0.1) is 0 Å². The molecule has 1 N–H and O–H groups in total. The van der Waals surface area contributed by atoms with E-state index in [1.54, 1.807) is 42.7 Å². The average molecular weight is 431 g/mol. The van der Waals surface area contributed by atoms with Crippen LogP contribution in [-0.2, 0) is 0 Å². The van der Waals surface area contributed by atoms with Crippen LogP contribution in [-0.4, -0.2) is 62.2 Å². The highest BCUT2D eigenvalue weighted by molar-refractivity contribution is 7.22. The number of halogens is 1. The average Bonchev–Trinajstić information content (AvgIpc) is 3.19. The zero-order valence-corrected chi connectivity index (χ0v) is 17.8. The maximum atomic E-state index is 12.2. The molecule has 2 heterocycles. The van der Waals surface area contributed by atoms with Gasteiger partial charge >= 0.3 is 0 Å². The molecule has 4 rings (SSSR count). The van der Waals surface area contributed by atoms with Gasteiger partial charge in [-0.05, 0) is 36.4 Å². The van der Waals surface area contributed by atoms with Crippen LogP contribution in [0.25, 0.3) is 10.2 Å². The highest BCUT2D eigenvalue weighted by Gasteiger charge is 2.20. The second kappa shape index (κ2) is 8.98. The molecule has 0 atom stereocenters. The Hall–Kier alpha value is -2.35. The number of piperazine rings is 1. The summed E-state index contributed by atoms with van der Waals surface area (Å²) >= 11 is 7.57. The Kier molecular flexibility index (Phi) is 6.18. The fourth-order valence-electron chi connectivity index (χ4n) is 3.41. The van der Waals surface area contributed by atoms with E-state index in [-0.39, 0.29) is 5.91 Å². The highest BCUT2D eigenvalue weighted by atomic mass is 35.5. The number of benzene rings is 2. The summed E-state index contributed by atoms with van der Waals surface area (Å²) in [5.41, 5.74) is 1.56. The molecule has 0 unspecified atom stereocenters. The zero-order chi connectivity index (χ0) is 20.2.